The second-order valence-corrected chi connectivity index (χ2v) is 4.85. The second kappa shape index (κ2) is 5.81. The van der Waals surface area contributed by atoms with Gasteiger partial charge in [-0.05, 0) is 42.7 Å². The lowest BCUT2D eigenvalue weighted by atomic mass is 10.2. The molecule has 2 rings (SSSR count). The molecule has 2 aromatic carbocycles. The minimum atomic E-state index is 0.466. The average Bonchev–Trinajstić information content (AvgIpc) is 2.40. The number of hydrogen-bond acceptors (Lipinski definition) is 3. The topological polar surface area (TPSA) is 33.0 Å². The van der Waals surface area contributed by atoms with E-state index in [2.05, 4.69) is 6.07 Å². The summed E-state index contributed by atoms with van der Waals surface area (Å²) < 4.78 is 5.66. The highest BCUT2D eigenvalue weighted by Crippen LogP contribution is 2.29. The third-order valence-electron chi connectivity index (χ3n) is 2.35. The van der Waals surface area contributed by atoms with Crippen LogP contribution in [0.1, 0.15) is 5.56 Å². The minimum Gasteiger partial charge on any atom is -0.456 e. The van der Waals surface area contributed by atoms with Crippen molar-refractivity contribution in [3.8, 4) is 17.6 Å². The van der Waals surface area contributed by atoms with E-state index >= 15 is 0 Å². The van der Waals surface area contributed by atoms with Crippen molar-refractivity contribution in [2.75, 3.05) is 6.26 Å². The van der Waals surface area contributed by atoms with Gasteiger partial charge in [0.15, 0.2) is 0 Å². The second-order valence-electron chi connectivity index (χ2n) is 3.53. The Balaban J connectivity index is 2.27. The first-order valence-corrected chi connectivity index (χ1v) is 6.85. The van der Waals surface area contributed by atoms with Crippen LogP contribution in [0.4, 0.5) is 0 Å². The molecule has 4 heteroatoms. The van der Waals surface area contributed by atoms with Crippen LogP contribution in [0, 0.1) is 11.3 Å². The zero-order valence-corrected chi connectivity index (χ0v) is 11.3. The van der Waals surface area contributed by atoms with Crippen LogP contribution in [0.3, 0.4) is 0 Å². The molecule has 0 unspecified atom stereocenters. The fraction of sp³-hybridized carbons (Fsp3) is 0.0714. The summed E-state index contributed by atoms with van der Waals surface area (Å²) in [7, 11) is 0. The smallest absolute Gasteiger partial charge is 0.146 e. The van der Waals surface area contributed by atoms with Crippen molar-refractivity contribution >= 4 is 23.4 Å². The van der Waals surface area contributed by atoms with Gasteiger partial charge in [-0.1, -0.05) is 11.6 Å². The van der Waals surface area contributed by atoms with E-state index in [1.54, 1.807) is 30.0 Å². The summed E-state index contributed by atoms with van der Waals surface area (Å²) in [5.41, 5.74) is 0.466. The normalized spacial score (nSPS) is 9.83. The molecule has 90 valence electrons. The van der Waals surface area contributed by atoms with Crippen molar-refractivity contribution < 1.29 is 4.74 Å². The van der Waals surface area contributed by atoms with E-state index in [0.29, 0.717) is 22.1 Å². The molecular weight excluding hydrogens is 266 g/mol. The number of rotatable bonds is 3. The van der Waals surface area contributed by atoms with Crippen molar-refractivity contribution in [1.82, 2.24) is 0 Å². The van der Waals surface area contributed by atoms with E-state index in [9.17, 15) is 0 Å². The molecule has 0 fully saturated rings. The van der Waals surface area contributed by atoms with Crippen molar-refractivity contribution in [3.63, 3.8) is 0 Å². The summed E-state index contributed by atoms with van der Waals surface area (Å²) in [5, 5.41) is 9.54. The van der Waals surface area contributed by atoms with Gasteiger partial charge in [0, 0.05) is 16.0 Å². The zero-order chi connectivity index (χ0) is 13.0. The number of benzene rings is 2. The predicted molar refractivity (Wildman–Crippen MR) is 74.5 cm³/mol. The van der Waals surface area contributed by atoms with Crippen LogP contribution in [0.5, 0.6) is 11.5 Å². The van der Waals surface area contributed by atoms with Gasteiger partial charge in [-0.25, -0.2) is 0 Å². The van der Waals surface area contributed by atoms with Crippen LogP contribution in [0.15, 0.2) is 47.4 Å². The molecule has 0 aliphatic rings. The Morgan fingerprint density at radius 2 is 1.89 bits per heavy atom. The number of nitriles is 1. The average molecular weight is 276 g/mol. The fourth-order valence-electron chi connectivity index (χ4n) is 1.44. The molecule has 0 spiro atoms. The lowest BCUT2D eigenvalue weighted by molar-refractivity contribution is 0.480. The molecule has 2 nitrogen and oxygen atoms in total. The zero-order valence-electron chi connectivity index (χ0n) is 9.68. The quantitative estimate of drug-likeness (QED) is 0.760. The summed E-state index contributed by atoms with van der Waals surface area (Å²) in [4.78, 5) is 1.16. The van der Waals surface area contributed by atoms with E-state index < -0.39 is 0 Å². The highest BCUT2D eigenvalue weighted by atomic mass is 35.5. The van der Waals surface area contributed by atoms with Crippen LogP contribution in [0.2, 0.25) is 5.02 Å². The molecule has 0 aromatic heterocycles. The molecular formula is C14H10ClNOS. The number of halogens is 1. The SMILES string of the molecule is CSc1ccc(Oc2cc(Cl)ccc2C#N)cc1. The molecule has 18 heavy (non-hydrogen) atoms. The summed E-state index contributed by atoms with van der Waals surface area (Å²) in [5.74, 6) is 1.16. The minimum absolute atomic E-state index is 0.466. The molecule has 0 N–H and O–H groups in total. The first kappa shape index (κ1) is 12.8. The number of thioether (sulfide) groups is 1. The van der Waals surface area contributed by atoms with E-state index in [1.807, 2.05) is 30.5 Å². The summed E-state index contributed by atoms with van der Waals surface area (Å²) in [6.45, 7) is 0. The van der Waals surface area contributed by atoms with E-state index in [1.165, 1.54) is 0 Å². The van der Waals surface area contributed by atoms with Gasteiger partial charge in [0.05, 0.1) is 5.56 Å². The molecule has 0 saturated heterocycles. The van der Waals surface area contributed by atoms with Crippen LogP contribution < -0.4 is 4.74 Å². The van der Waals surface area contributed by atoms with Crippen LogP contribution in [-0.4, -0.2) is 6.26 Å². The first-order valence-electron chi connectivity index (χ1n) is 5.24. The number of nitrogens with zero attached hydrogens (tertiary/aromatic N) is 1. The lowest BCUT2D eigenvalue weighted by Gasteiger charge is -2.08. The lowest BCUT2D eigenvalue weighted by Crippen LogP contribution is -1.88. The van der Waals surface area contributed by atoms with Crippen LogP contribution in [0.25, 0.3) is 0 Å². The maximum Gasteiger partial charge on any atom is 0.146 e. The van der Waals surface area contributed by atoms with Gasteiger partial charge in [-0.15, -0.1) is 11.8 Å². The van der Waals surface area contributed by atoms with Gasteiger partial charge < -0.3 is 4.74 Å². The predicted octanol–water partition coefficient (Wildman–Crippen LogP) is 4.73. The van der Waals surface area contributed by atoms with E-state index in [0.717, 1.165) is 4.90 Å². The Morgan fingerprint density at radius 1 is 1.17 bits per heavy atom. The molecule has 0 bridgehead atoms. The third-order valence-corrected chi connectivity index (χ3v) is 3.33. The van der Waals surface area contributed by atoms with Crippen molar-refractivity contribution in [2.24, 2.45) is 0 Å². The molecule has 0 aliphatic carbocycles. The third kappa shape index (κ3) is 2.98. The largest absolute Gasteiger partial charge is 0.456 e. The highest BCUT2D eigenvalue weighted by molar-refractivity contribution is 7.98. The molecule has 0 saturated carbocycles. The van der Waals surface area contributed by atoms with Crippen molar-refractivity contribution in [3.05, 3.63) is 53.1 Å². The Labute approximate surface area is 115 Å². The van der Waals surface area contributed by atoms with Gasteiger partial charge in [-0.3, -0.25) is 0 Å². The van der Waals surface area contributed by atoms with Gasteiger partial charge in [-0.2, -0.15) is 5.26 Å². The Bertz CT molecular complexity index is 590. The Morgan fingerprint density at radius 3 is 2.50 bits per heavy atom. The van der Waals surface area contributed by atoms with Gasteiger partial charge in [0.1, 0.15) is 17.6 Å². The van der Waals surface area contributed by atoms with Crippen molar-refractivity contribution in [1.29, 1.82) is 5.26 Å². The maximum absolute atomic E-state index is 8.99. The maximum atomic E-state index is 8.99. The summed E-state index contributed by atoms with van der Waals surface area (Å²) in [6, 6.07) is 14.7. The van der Waals surface area contributed by atoms with Gasteiger partial charge in [0.2, 0.25) is 0 Å². The van der Waals surface area contributed by atoms with Crippen molar-refractivity contribution in [2.45, 2.75) is 4.90 Å². The van der Waals surface area contributed by atoms with Gasteiger partial charge >= 0.3 is 0 Å². The van der Waals surface area contributed by atoms with E-state index in [-0.39, 0.29) is 0 Å². The molecule has 0 aliphatic heterocycles. The summed E-state index contributed by atoms with van der Waals surface area (Å²) >= 11 is 7.56. The molecule has 0 atom stereocenters. The molecule has 0 amide bonds. The molecule has 2 aromatic rings. The monoisotopic (exact) mass is 275 g/mol. The highest BCUT2D eigenvalue weighted by Gasteiger charge is 2.05. The number of hydrogen-bond donors (Lipinski definition) is 0. The fourth-order valence-corrected chi connectivity index (χ4v) is 2.01. The van der Waals surface area contributed by atoms with Gasteiger partial charge in [0.25, 0.3) is 0 Å². The molecule has 0 radical (unpaired) electrons. The van der Waals surface area contributed by atoms with Crippen LogP contribution in [-0.2, 0) is 0 Å². The van der Waals surface area contributed by atoms with Crippen LogP contribution >= 0.6 is 23.4 Å². The van der Waals surface area contributed by atoms with E-state index in [4.69, 9.17) is 21.6 Å². The number of ether oxygens (including phenoxy) is 1. The summed E-state index contributed by atoms with van der Waals surface area (Å²) in [6.07, 6.45) is 2.01. The Hall–Kier alpha value is -1.63. The Kier molecular flexibility index (Phi) is 4.14. The first-order chi connectivity index (χ1) is 8.72. The standard InChI is InChI=1S/C14H10ClNOS/c1-18-13-6-4-12(5-7-13)17-14-8-11(15)3-2-10(14)9-16/h2-8H,1H3. The molecule has 0 heterocycles.